The molecule has 0 atom stereocenters. The first-order valence-electron chi connectivity index (χ1n) is 4.86. The number of aryl methyl sites for hydroxylation is 1. The van der Waals surface area contributed by atoms with E-state index in [-0.39, 0.29) is 11.6 Å². The predicted molar refractivity (Wildman–Crippen MR) is 61.1 cm³/mol. The van der Waals surface area contributed by atoms with E-state index >= 15 is 0 Å². The highest BCUT2D eigenvalue weighted by atomic mass is 16.1. The molecule has 0 aliphatic carbocycles. The average molecular weight is 213 g/mol. The van der Waals surface area contributed by atoms with Crippen LogP contribution in [0.25, 0.3) is 0 Å². The van der Waals surface area contributed by atoms with Gasteiger partial charge in [0, 0.05) is 11.8 Å². The van der Waals surface area contributed by atoms with Crippen LogP contribution in [0.15, 0.2) is 36.8 Å². The normalized spacial score (nSPS) is 10.1. The number of ketones is 1. The van der Waals surface area contributed by atoms with E-state index in [1.165, 1.54) is 12.5 Å². The van der Waals surface area contributed by atoms with Crippen LogP contribution in [0.2, 0.25) is 0 Å². The maximum atomic E-state index is 12.1. The molecule has 2 aromatic rings. The van der Waals surface area contributed by atoms with E-state index in [1.807, 2.05) is 25.1 Å². The molecule has 0 aliphatic heterocycles. The van der Waals surface area contributed by atoms with Gasteiger partial charge in [0.15, 0.2) is 5.78 Å². The minimum atomic E-state index is -0.142. The van der Waals surface area contributed by atoms with Crippen molar-refractivity contribution in [2.24, 2.45) is 0 Å². The van der Waals surface area contributed by atoms with Gasteiger partial charge < -0.3 is 5.73 Å². The van der Waals surface area contributed by atoms with Crippen molar-refractivity contribution < 1.29 is 4.79 Å². The van der Waals surface area contributed by atoms with Crippen molar-refractivity contribution in [1.82, 2.24) is 9.97 Å². The Hall–Kier alpha value is -2.23. The first kappa shape index (κ1) is 10.3. The molecule has 4 nitrogen and oxygen atoms in total. The highest BCUT2D eigenvalue weighted by molar-refractivity contribution is 6.12. The number of hydrogen-bond donors (Lipinski definition) is 1. The van der Waals surface area contributed by atoms with Gasteiger partial charge in [-0.2, -0.15) is 0 Å². The number of nitrogen functional groups attached to an aromatic ring is 1. The molecule has 4 heteroatoms. The molecule has 0 saturated heterocycles. The van der Waals surface area contributed by atoms with Crippen LogP contribution in [0.5, 0.6) is 0 Å². The fourth-order valence-electron chi connectivity index (χ4n) is 1.49. The van der Waals surface area contributed by atoms with Crippen molar-refractivity contribution in [2.75, 3.05) is 5.73 Å². The van der Waals surface area contributed by atoms with Crippen LogP contribution < -0.4 is 5.73 Å². The first-order valence-corrected chi connectivity index (χ1v) is 4.86. The fourth-order valence-corrected chi connectivity index (χ4v) is 1.49. The Morgan fingerprint density at radius 2 is 2.00 bits per heavy atom. The van der Waals surface area contributed by atoms with E-state index < -0.39 is 0 Å². The minimum absolute atomic E-state index is 0.142. The third kappa shape index (κ3) is 1.77. The average Bonchev–Trinajstić information content (AvgIpc) is 2.29. The van der Waals surface area contributed by atoms with Gasteiger partial charge in [0.25, 0.3) is 0 Å². The maximum Gasteiger partial charge on any atom is 0.198 e. The smallest absolute Gasteiger partial charge is 0.198 e. The lowest BCUT2D eigenvalue weighted by Crippen LogP contribution is -2.08. The van der Waals surface area contributed by atoms with E-state index in [1.54, 1.807) is 6.07 Å². The monoisotopic (exact) mass is 213 g/mol. The molecule has 0 fully saturated rings. The van der Waals surface area contributed by atoms with Gasteiger partial charge in [-0.15, -0.1) is 0 Å². The lowest BCUT2D eigenvalue weighted by molar-refractivity contribution is 0.103. The summed E-state index contributed by atoms with van der Waals surface area (Å²) in [5, 5.41) is 0. The lowest BCUT2D eigenvalue weighted by atomic mass is 10.0. The van der Waals surface area contributed by atoms with Crippen molar-refractivity contribution >= 4 is 11.6 Å². The molecule has 0 radical (unpaired) electrons. The summed E-state index contributed by atoms with van der Waals surface area (Å²) in [5.41, 5.74) is 7.52. The van der Waals surface area contributed by atoms with E-state index in [0.29, 0.717) is 11.1 Å². The molecule has 80 valence electrons. The summed E-state index contributed by atoms with van der Waals surface area (Å²) in [6.45, 7) is 1.88. The maximum absolute atomic E-state index is 12.1. The van der Waals surface area contributed by atoms with Gasteiger partial charge in [-0.25, -0.2) is 9.97 Å². The molecule has 16 heavy (non-hydrogen) atoms. The largest absolute Gasteiger partial charge is 0.383 e. The molecule has 1 aromatic heterocycles. The molecule has 0 amide bonds. The summed E-state index contributed by atoms with van der Waals surface area (Å²) in [7, 11) is 0. The Balaban J connectivity index is 2.48. The van der Waals surface area contributed by atoms with Crippen molar-refractivity contribution in [3.63, 3.8) is 0 Å². The second-order valence-corrected chi connectivity index (χ2v) is 3.47. The molecule has 0 aliphatic rings. The number of nitrogens with zero attached hydrogens (tertiary/aromatic N) is 2. The Morgan fingerprint density at radius 1 is 1.25 bits per heavy atom. The van der Waals surface area contributed by atoms with Crippen molar-refractivity contribution in [1.29, 1.82) is 0 Å². The Kier molecular flexibility index (Phi) is 2.64. The number of nitrogens with two attached hydrogens (primary N) is 1. The lowest BCUT2D eigenvalue weighted by Gasteiger charge is -2.05. The van der Waals surface area contributed by atoms with Crippen LogP contribution in [-0.2, 0) is 0 Å². The quantitative estimate of drug-likeness (QED) is 0.769. The number of hydrogen-bond acceptors (Lipinski definition) is 4. The van der Waals surface area contributed by atoms with Gasteiger partial charge in [-0.3, -0.25) is 4.79 Å². The van der Waals surface area contributed by atoms with Crippen LogP contribution in [-0.4, -0.2) is 15.8 Å². The molecule has 0 unspecified atom stereocenters. The zero-order valence-corrected chi connectivity index (χ0v) is 8.84. The highest BCUT2D eigenvalue weighted by Crippen LogP contribution is 2.15. The van der Waals surface area contributed by atoms with Crippen LogP contribution >= 0.6 is 0 Å². The van der Waals surface area contributed by atoms with Gasteiger partial charge in [0.2, 0.25) is 0 Å². The topological polar surface area (TPSA) is 68.9 Å². The zero-order valence-electron chi connectivity index (χ0n) is 8.84. The molecular weight excluding hydrogens is 202 g/mol. The zero-order chi connectivity index (χ0) is 11.5. The number of carbonyl (C=O) groups is 1. The van der Waals surface area contributed by atoms with Gasteiger partial charge in [0.05, 0.1) is 5.56 Å². The number of carbonyl (C=O) groups excluding carboxylic acids is 1. The van der Waals surface area contributed by atoms with Gasteiger partial charge in [-0.1, -0.05) is 24.3 Å². The standard InChI is InChI=1S/C12H11N3O/c1-8-4-2-3-5-9(8)11(16)10-6-14-7-15-12(10)13/h2-7H,1H3,(H2,13,14,15). The van der Waals surface area contributed by atoms with E-state index in [2.05, 4.69) is 9.97 Å². The van der Waals surface area contributed by atoms with Crippen LogP contribution in [0, 0.1) is 6.92 Å². The summed E-state index contributed by atoms with van der Waals surface area (Å²) in [6, 6.07) is 7.36. The van der Waals surface area contributed by atoms with E-state index in [4.69, 9.17) is 5.73 Å². The van der Waals surface area contributed by atoms with Crippen LogP contribution in [0.3, 0.4) is 0 Å². The molecular formula is C12H11N3O. The number of benzene rings is 1. The summed E-state index contributed by atoms with van der Waals surface area (Å²) in [5.74, 6) is 0.0689. The van der Waals surface area contributed by atoms with Crippen molar-refractivity contribution in [3.05, 3.63) is 53.5 Å². The molecule has 0 bridgehead atoms. The predicted octanol–water partition coefficient (Wildman–Crippen LogP) is 1.60. The Morgan fingerprint density at radius 3 is 2.69 bits per heavy atom. The summed E-state index contributed by atoms with van der Waals surface area (Å²) in [6.07, 6.45) is 2.76. The second kappa shape index (κ2) is 4.10. The summed E-state index contributed by atoms with van der Waals surface area (Å²) in [4.78, 5) is 19.7. The molecule has 2 rings (SSSR count). The summed E-state index contributed by atoms with van der Waals surface area (Å²) >= 11 is 0. The van der Waals surface area contributed by atoms with Gasteiger partial charge in [0.1, 0.15) is 12.1 Å². The minimum Gasteiger partial charge on any atom is -0.383 e. The van der Waals surface area contributed by atoms with Crippen molar-refractivity contribution in [2.45, 2.75) is 6.92 Å². The first-order chi connectivity index (χ1) is 7.70. The van der Waals surface area contributed by atoms with E-state index in [9.17, 15) is 4.79 Å². The van der Waals surface area contributed by atoms with Crippen LogP contribution in [0.1, 0.15) is 21.5 Å². The third-order valence-electron chi connectivity index (χ3n) is 2.38. The third-order valence-corrected chi connectivity index (χ3v) is 2.38. The van der Waals surface area contributed by atoms with Crippen molar-refractivity contribution in [3.8, 4) is 0 Å². The number of anilines is 1. The van der Waals surface area contributed by atoms with Gasteiger partial charge >= 0.3 is 0 Å². The molecule has 1 aromatic carbocycles. The summed E-state index contributed by atoms with van der Waals surface area (Å²) < 4.78 is 0. The molecule has 1 heterocycles. The Bertz CT molecular complexity index is 490. The van der Waals surface area contributed by atoms with E-state index in [0.717, 1.165) is 5.56 Å². The van der Waals surface area contributed by atoms with Gasteiger partial charge in [-0.05, 0) is 12.5 Å². The fraction of sp³-hybridized carbons (Fsp3) is 0.0833. The van der Waals surface area contributed by atoms with Crippen LogP contribution in [0.4, 0.5) is 5.82 Å². The molecule has 2 N–H and O–H groups in total. The number of aromatic nitrogens is 2. The second-order valence-electron chi connectivity index (χ2n) is 3.47. The molecule has 0 saturated carbocycles. The number of rotatable bonds is 2. The SMILES string of the molecule is Cc1ccccc1C(=O)c1cncnc1N. The highest BCUT2D eigenvalue weighted by Gasteiger charge is 2.14. The Labute approximate surface area is 93.2 Å². The molecule has 0 spiro atoms.